The summed E-state index contributed by atoms with van der Waals surface area (Å²) in [6, 6.07) is 5.18. The first-order valence-electron chi connectivity index (χ1n) is 9.19. The third-order valence-electron chi connectivity index (χ3n) is 5.05. The van der Waals surface area contributed by atoms with Crippen LogP contribution < -0.4 is 4.90 Å². The highest BCUT2D eigenvalue weighted by Crippen LogP contribution is 2.32. The zero-order valence-corrected chi connectivity index (χ0v) is 14.3. The molecule has 0 saturated carbocycles. The standard InChI is InChI=1S/C19H31N3/c1-16(2)15-22-13-7-8-18(22)17-9-10-19(20-14-17)21-11-5-3-4-6-12-21/h9-10,14,16,18H,3-8,11-13,15H2,1-2H3. The maximum atomic E-state index is 4.80. The highest BCUT2D eigenvalue weighted by Gasteiger charge is 2.26. The lowest BCUT2D eigenvalue weighted by Gasteiger charge is -2.27. The van der Waals surface area contributed by atoms with Gasteiger partial charge in [0.1, 0.15) is 5.82 Å². The van der Waals surface area contributed by atoms with Crippen molar-refractivity contribution in [1.29, 1.82) is 0 Å². The monoisotopic (exact) mass is 301 g/mol. The van der Waals surface area contributed by atoms with Crippen molar-refractivity contribution in [3.05, 3.63) is 23.9 Å². The van der Waals surface area contributed by atoms with Gasteiger partial charge in [0.25, 0.3) is 0 Å². The van der Waals surface area contributed by atoms with Crippen molar-refractivity contribution in [3.8, 4) is 0 Å². The average Bonchev–Trinajstić information content (AvgIpc) is 2.80. The second-order valence-electron chi connectivity index (χ2n) is 7.40. The lowest BCUT2D eigenvalue weighted by molar-refractivity contribution is 0.228. The largest absolute Gasteiger partial charge is 0.357 e. The minimum absolute atomic E-state index is 0.591. The SMILES string of the molecule is CC(C)CN1CCCC1c1ccc(N2CCCCCC2)nc1. The third-order valence-corrected chi connectivity index (χ3v) is 5.05. The van der Waals surface area contributed by atoms with Crippen LogP contribution >= 0.6 is 0 Å². The van der Waals surface area contributed by atoms with Gasteiger partial charge in [-0.25, -0.2) is 4.98 Å². The molecule has 3 rings (SSSR count). The van der Waals surface area contributed by atoms with Gasteiger partial charge in [-0.15, -0.1) is 0 Å². The van der Waals surface area contributed by atoms with Gasteiger partial charge in [-0.2, -0.15) is 0 Å². The minimum Gasteiger partial charge on any atom is -0.357 e. The molecule has 22 heavy (non-hydrogen) atoms. The molecule has 2 aliphatic rings. The number of pyridine rings is 1. The normalized spacial score (nSPS) is 24.0. The molecule has 0 aromatic carbocycles. The van der Waals surface area contributed by atoms with Gasteiger partial charge in [0.15, 0.2) is 0 Å². The van der Waals surface area contributed by atoms with Crippen LogP contribution in [0.2, 0.25) is 0 Å². The van der Waals surface area contributed by atoms with Crippen LogP contribution in [-0.2, 0) is 0 Å². The van der Waals surface area contributed by atoms with Crippen molar-refractivity contribution >= 4 is 5.82 Å². The molecule has 2 aliphatic heterocycles. The Morgan fingerprint density at radius 3 is 2.45 bits per heavy atom. The molecule has 3 heterocycles. The van der Waals surface area contributed by atoms with Gasteiger partial charge in [-0.05, 0) is 49.8 Å². The Labute approximate surface area is 135 Å². The summed E-state index contributed by atoms with van der Waals surface area (Å²) in [6.07, 6.45) is 10.1. The molecule has 1 unspecified atom stereocenters. The van der Waals surface area contributed by atoms with Crippen molar-refractivity contribution in [3.63, 3.8) is 0 Å². The molecule has 1 aromatic rings. The van der Waals surface area contributed by atoms with Crippen molar-refractivity contribution in [2.24, 2.45) is 5.92 Å². The Bertz CT molecular complexity index is 446. The van der Waals surface area contributed by atoms with E-state index in [1.165, 1.54) is 76.1 Å². The Hall–Kier alpha value is -1.09. The molecule has 0 radical (unpaired) electrons. The maximum absolute atomic E-state index is 4.80. The van der Waals surface area contributed by atoms with Crippen molar-refractivity contribution in [2.45, 2.75) is 58.4 Å². The number of nitrogens with zero attached hydrogens (tertiary/aromatic N) is 3. The van der Waals surface area contributed by atoms with Crippen LogP contribution in [0.3, 0.4) is 0 Å². The van der Waals surface area contributed by atoms with E-state index in [0.717, 1.165) is 5.92 Å². The molecule has 0 amide bonds. The molecule has 2 fully saturated rings. The number of rotatable bonds is 4. The average molecular weight is 301 g/mol. The van der Waals surface area contributed by atoms with Crippen molar-refractivity contribution in [2.75, 3.05) is 31.1 Å². The van der Waals surface area contributed by atoms with Gasteiger partial charge < -0.3 is 4.90 Å². The molecule has 3 heteroatoms. The fourth-order valence-corrected chi connectivity index (χ4v) is 3.97. The van der Waals surface area contributed by atoms with Crippen LogP contribution in [0.15, 0.2) is 18.3 Å². The van der Waals surface area contributed by atoms with Crippen LogP contribution in [0.4, 0.5) is 5.82 Å². The van der Waals surface area contributed by atoms with E-state index in [9.17, 15) is 0 Å². The van der Waals surface area contributed by atoms with Gasteiger partial charge >= 0.3 is 0 Å². The van der Waals surface area contributed by atoms with Crippen molar-refractivity contribution in [1.82, 2.24) is 9.88 Å². The number of aromatic nitrogens is 1. The summed E-state index contributed by atoms with van der Waals surface area (Å²) in [7, 11) is 0. The van der Waals surface area contributed by atoms with Crippen LogP contribution in [0.25, 0.3) is 0 Å². The van der Waals surface area contributed by atoms with E-state index < -0.39 is 0 Å². The summed E-state index contributed by atoms with van der Waals surface area (Å²) in [6.45, 7) is 9.44. The quantitative estimate of drug-likeness (QED) is 0.828. The molecular formula is C19H31N3. The highest BCUT2D eigenvalue weighted by atomic mass is 15.2. The van der Waals surface area contributed by atoms with Crippen LogP contribution in [0.5, 0.6) is 0 Å². The van der Waals surface area contributed by atoms with E-state index in [0.29, 0.717) is 6.04 Å². The zero-order valence-electron chi connectivity index (χ0n) is 14.3. The summed E-state index contributed by atoms with van der Waals surface area (Å²) >= 11 is 0. The molecule has 2 saturated heterocycles. The molecule has 0 bridgehead atoms. The predicted molar refractivity (Wildman–Crippen MR) is 93.3 cm³/mol. The summed E-state index contributed by atoms with van der Waals surface area (Å²) in [4.78, 5) is 9.92. The van der Waals surface area contributed by atoms with Gasteiger partial charge in [0.2, 0.25) is 0 Å². The van der Waals surface area contributed by atoms with E-state index in [1.807, 2.05) is 0 Å². The second kappa shape index (κ2) is 7.45. The summed E-state index contributed by atoms with van der Waals surface area (Å²) < 4.78 is 0. The van der Waals surface area contributed by atoms with Gasteiger partial charge in [-0.1, -0.05) is 32.8 Å². The molecular weight excluding hydrogens is 270 g/mol. The number of hydrogen-bond acceptors (Lipinski definition) is 3. The van der Waals surface area contributed by atoms with E-state index in [4.69, 9.17) is 4.98 Å². The highest BCUT2D eigenvalue weighted by molar-refractivity contribution is 5.40. The smallest absolute Gasteiger partial charge is 0.128 e. The molecule has 1 atom stereocenters. The topological polar surface area (TPSA) is 19.4 Å². The maximum Gasteiger partial charge on any atom is 0.128 e. The first-order valence-corrected chi connectivity index (χ1v) is 9.19. The van der Waals surface area contributed by atoms with E-state index in [-0.39, 0.29) is 0 Å². The zero-order chi connectivity index (χ0) is 15.4. The lowest BCUT2D eigenvalue weighted by Crippen LogP contribution is -2.28. The van der Waals surface area contributed by atoms with E-state index in [1.54, 1.807) is 0 Å². The molecule has 0 N–H and O–H groups in total. The molecule has 1 aromatic heterocycles. The first-order chi connectivity index (χ1) is 10.7. The van der Waals surface area contributed by atoms with Gasteiger partial charge in [0, 0.05) is 31.9 Å². The lowest BCUT2D eigenvalue weighted by atomic mass is 10.1. The van der Waals surface area contributed by atoms with E-state index >= 15 is 0 Å². The Morgan fingerprint density at radius 2 is 1.82 bits per heavy atom. The number of hydrogen-bond donors (Lipinski definition) is 0. The molecule has 0 aliphatic carbocycles. The van der Waals surface area contributed by atoms with Gasteiger partial charge in [0.05, 0.1) is 0 Å². The summed E-state index contributed by atoms with van der Waals surface area (Å²) in [5.41, 5.74) is 1.41. The van der Waals surface area contributed by atoms with Crippen LogP contribution in [0.1, 0.15) is 64.0 Å². The third kappa shape index (κ3) is 3.81. The summed E-state index contributed by atoms with van der Waals surface area (Å²) in [5, 5.41) is 0. The second-order valence-corrected chi connectivity index (χ2v) is 7.40. The molecule has 0 spiro atoms. The van der Waals surface area contributed by atoms with Crippen LogP contribution in [-0.4, -0.2) is 36.1 Å². The van der Waals surface area contributed by atoms with Gasteiger partial charge in [-0.3, -0.25) is 4.90 Å². The number of anilines is 1. The predicted octanol–water partition coefficient (Wildman–Crippen LogP) is 4.25. The van der Waals surface area contributed by atoms with Crippen LogP contribution in [0, 0.1) is 5.92 Å². The molecule has 122 valence electrons. The molecule has 3 nitrogen and oxygen atoms in total. The van der Waals surface area contributed by atoms with E-state index in [2.05, 4.69) is 42.0 Å². The fourth-order valence-electron chi connectivity index (χ4n) is 3.97. The summed E-state index contributed by atoms with van der Waals surface area (Å²) in [5.74, 6) is 1.92. The first kappa shape index (κ1) is 15.8. The minimum atomic E-state index is 0.591. The Balaban J connectivity index is 1.67. The Kier molecular flexibility index (Phi) is 5.35. The number of likely N-dealkylation sites (tertiary alicyclic amines) is 1. The Morgan fingerprint density at radius 1 is 1.05 bits per heavy atom. The fraction of sp³-hybridized carbons (Fsp3) is 0.737. The van der Waals surface area contributed by atoms with Crippen molar-refractivity contribution < 1.29 is 0 Å².